The minimum absolute atomic E-state index is 0.0000379. The van der Waals surface area contributed by atoms with Crippen LogP contribution in [0.1, 0.15) is 96.0 Å². The molecule has 13 nitrogen and oxygen atoms in total. The van der Waals surface area contributed by atoms with Gasteiger partial charge in [0.25, 0.3) is 11.8 Å². The second-order valence-corrected chi connectivity index (χ2v) is 19.9. The van der Waals surface area contributed by atoms with Gasteiger partial charge < -0.3 is 9.64 Å². The van der Waals surface area contributed by atoms with Crippen LogP contribution in [0.2, 0.25) is 0 Å². The molecule has 5 aliphatic rings. The number of esters is 1. The number of benzene rings is 2. The first kappa shape index (κ1) is 39.3. The van der Waals surface area contributed by atoms with Crippen molar-refractivity contribution in [3.05, 3.63) is 88.9 Å². The van der Waals surface area contributed by atoms with Crippen molar-refractivity contribution in [1.29, 1.82) is 0 Å². The van der Waals surface area contributed by atoms with Crippen LogP contribution < -0.4 is 14.9 Å². The van der Waals surface area contributed by atoms with Crippen molar-refractivity contribution in [2.24, 2.45) is 23.2 Å². The van der Waals surface area contributed by atoms with Gasteiger partial charge >= 0.3 is 5.97 Å². The van der Waals surface area contributed by atoms with Crippen molar-refractivity contribution >= 4 is 60.3 Å². The Hall–Kier alpha value is -5.15. The third-order valence-electron chi connectivity index (χ3n) is 12.8. The summed E-state index contributed by atoms with van der Waals surface area (Å²) in [5, 5.41) is 8.37. The van der Waals surface area contributed by atoms with Gasteiger partial charge in [-0.3, -0.25) is 24.4 Å². The number of nitrogens with zero attached hydrogens (tertiary/aromatic N) is 5. The monoisotopic (exact) mass is 835 g/mol. The summed E-state index contributed by atoms with van der Waals surface area (Å²) < 4.78 is 36.7. The molecule has 2 N–H and O–H groups in total. The number of amides is 2. The molecule has 10 rings (SSSR count). The molecule has 0 radical (unpaired) electrons. The predicted octanol–water partition coefficient (Wildman–Crippen LogP) is 7.30. The third-order valence-corrected chi connectivity index (χ3v) is 15.1. The highest BCUT2D eigenvalue weighted by Crippen LogP contribution is 2.60. The van der Waals surface area contributed by atoms with Crippen molar-refractivity contribution in [1.82, 2.24) is 24.5 Å². The zero-order chi connectivity index (χ0) is 40.9. The predicted molar refractivity (Wildman–Crippen MR) is 227 cm³/mol. The summed E-state index contributed by atoms with van der Waals surface area (Å²) in [5.74, 6) is 0.826. The Bertz CT molecular complexity index is 2500. The molecule has 2 aromatic carbocycles. The summed E-state index contributed by atoms with van der Waals surface area (Å²) in [4.78, 5) is 51.3. The average molecular weight is 836 g/mol. The van der Waals surface area contributed by atoms with Gasteiger partial charge in [0.1, 0.15) is 11.5 Å². The van der Waals surface area contributed by atoms with Crippen LogP contribution in [0.15, 0.2) is 60.8 Å². The molecule has 308 valence electrons. The van der Waals surface area contributed by atoms with Crippen molar-refractivity contribution in [3.8, 4) is 11.1 Å². The van der Waals surface area contributed by atoms with Gasteiger partial charge in [0.15, 0.2) is 5.13 Å². The summed E-state index contributed by atoms with van der Waals surface area (Å²) in [6, 6.07) is 17.1. The zero-order valence-electron chi connectivity index (χ0n) is 33.4. The molecule has 59 heavy (non-hydrogen) atoms. The van der Waals surface area contributed by atoms with E-state index in [1.54, 1.807) is 19.2 Å². The maximum atomic E-state index is 14.1. The standard InChI is InChI=1S/C44H49N7O6S2/c1-3-57-39(52)12-7-17-59(55,56)49-42(54)40-32(34-24-45-51(27(34)2)26-44-21-28-18-29(22-44)20-30(19-28)23-44)13-14-38(47-40)50-16-15-31-8-6-9-33(35(31)25-50)41(53)48-43-46-36-10-4-5-11-37(36)58-43/h4-6,8-11,13-14,24,28-30H,3,7,12,15-23,25-26H2,1-2H3,(H,49,54)(H,46,48,53). The van der Waals surface area contributed by atoms with Crippen LogP contribution in [0.25, 0.3) is 21.3 Å². The molecule has 4 bridgehead atoms. The maximum absolute atomic E-state index is 14.1. The Morgan fingerprint density at radius 1 is 0.932 bits per heavy atom. The molecule has 1 aliphatic heterocycles. The van der Waals surface area contributed by atoms with Crippen molar-refractivity contribution < 1.29 is 27.5 Å². The lowest BCUT2D eigenvalue weighted by molar-refractivity contribution is -0.143. The van der Waals surface area contributed by atoms with E-state index in [1.165, 1.54) is 49.9 Å². The Morgan fingerprint density at radius 3 is 2.44 bits per heavy atom. The Labute approximate surface area is 348 Å². The summed E-state index contributed by atoms with van der Waals surface area (Å²) in [6.45, 7) is 5.64. The van der Waals surface area contributed by atoms with E-state index in [9.17, 15) is 22.8 Å². The largest absolute Gasteiger partial charge is 0.466 e. The lowest BCUT2D eigenvalue weighted by Crippen LogP contribution is -2.48. The zero-order valence-corrected chi connectivity index (χ0v) is 35.0. The molecule has 4 heterocycles. The third kappa shape index (κ3) is 8.10. The van der Waals surface area contributed by atoms with Crippen LogP contribution in [0.4, 0.5) is 10.9 Å². The molecule has 0 saturated heterocycles. The topological polar surface area (TPSA) is 165 Å². The van der Waals surface area contributed by atoms with E-state index >= 15 is 0 Å². The van der Waals surface area contributed by atoms with Crippen LogP contribution in [-0.2, 0) is 39.1 Å². The van der Waals surface area contributed by atoms with Gasteiger partial charge in [-0.2, -0.15) is 5.10 Å². The fraction of sp³-hybridized carbons (Fsp3) is 0.455. The summed E-state index contributed by atoms with van der Waals surface area (Å²) >= 11 is 1.42. The first-order chi connectivity index (χ1) is 28.4. The normalized spacial score (nSPS) is 22.0. The molecule has 3 aromatic heterocycles. The van der Waals surface area contributed by atoms with Crippen molar-refractivity contribution in [3.63, 3.8) is 0 Å². The van der Waals surface area contributed by atoms with Gasteiger partial charge in [-0.05, 0) is 130 Å². The average Bonchev–Trinajstić information content (AvgIpc) is 3.78. The first-order valence-electron chi connectivity index (χ1n) is 20.7. The number of thiazole rings is 1. The molecular weight excluding hydrogens is 787 g/mol. The number of pyridine rings is 1. The molecule has 0 unspecified atom stereocenters. The fourth-order valence-corrected chi connectivity index (χ4v) is 12.5. The molecule has 4 fully saturated rings. The number of hydrogen-bond acceptors (Lipinski definition) is 11. The fourth-order valence-electron chi connectivity index (χ4n) is 10.6. The number of ether oxygens (including phenoxy) is 1. The van der Waals surface area contributed by atoms with Gasteiger partial charge in [-0.15, -0.1) is 0 Å². The van der Waals surface area contributed by atoms with Gasteiger partial charge in [0.05, 0.1) is 28.8 Å². The lowest BCUT2D eigenvalue weighted by atomic mass is 9.49. The highest BCUT2D eigenvalue weighted by molar-refractivity contribution is 7.90. The quantitative estimate of drug-likeness (QED) is 0.115. The lowest BCUT2D eigenvalue weighted by Gasteiger charge is -2.56. The molecule has 15 heteroatoms. The number of anilines is 2. The van der Waals surface area contributed by atoms with E-state index in [-0.39, 0.29) is 36.5 Å². The molecule has 4 aliphatic carbocycles. The second kappa shape index (κ2) is 15.8. The second-order valence-electron chi connectivity index (χ2n) is 17.0. The van der Waals surface area contributed by atoms with Crippen LogP contribution in [0.5, 0.6) is 0 Å². The number of carbonyl (C=O) groups is 3. The minimum atomic E-state index is -4.13. The van der Waals surface area contributed by atoms with Crippen LogP contribution in [0, 0.1) is 30.1 Å². The van der Waals surface area contributed by atoms with E-state index in [4.69, 9.17) is 14.8 Å². The Kier molecular flexibility index (Phi) is 10.5. The summed E-state index contributed by atoms with van der Waals surface area (Å²) in [7, 11) is -4.13. The van der Waals surface area contributed by atoms with E-state index in [2.05, 4.69) is 19.7 Å². The maximum Gasteiger partial charge on any atom is 0.305 e. The smallest absolute Gasteiger partial charge is 0.305 e. The SMILES string of the molecule is CCOC(=O)CCCS(=O)(=O)NC(=O)c1nc(N2CCc3cccc(C(=O)Nc4nc5ccccc5s4)c3C2)ccc1-c1cnn(CC23CC4CC(CC(C4)C2)C3)c1C. The van der Waals surface area contributed by atoms with E-state index in [0.29, 0.717) is 41.6 Å². The van der Waals surface area contributed by atoms with Crippen LogP contribution in [-0.4, -0.2) is 64.9 Å². The summed E-state index contributed by atoms with van der Waals surface area (Å²) in [5.41, 5.74) is 5.53. The van der Waals surface area contributed by atoms with Gasteiger partial charge in [-0.25, -0.2) is 23.1 Å². The van der Waals surface area contributed by atoms with E-state index in [1.807, 2.05) is 60.4 Å². The molecule has 2 amide bonds. The van der Waals surface area contributed by atoms with Crippen LogP contribution in [0.3, 0.4) is 0 Å². The molecule has 4 saturated carbocycles. The van der Waals surface area contributed by atoms with E-state index < -0.39 is 27.7 Å². The number of hydrogen-bond donors (Lipinski definition) is 2. The van der Waals surface area contributed by atoms with Gasteiger partial charge in [-0.1, -0.05) is 35.6 Å². The number of para-hydroxylation sites is 1. The molecule has 0 atom stereocenters. The van der Waals surface area contributed by atoms with Crippen LogP contribution >= 0.6 is 11.3 Å². The molecule has 5 aromatic rings. The number of nitrogens with one attached hydrogen (secondary N) is 2. The first-order valence-corrected chi connectivity index (χ1v) is 23.2. The number of sulfonamides is 1. The number of aromatic nitrogens is 4. The van der Waals surface area contributed by atoms with Crippen molar-refractivity contribution in [2.75, 3.05) is 29.1 Å². The van der Waals surface area contributed by atoms with Gasteiger partial charge in [0, 0.05) is 48.4 Å². The van der Waals surface area contributed by atoms with Crippen molar-refractivity contribution in [2.45, 2.75) is 84.7 Å². The highest BCUT2D eigenvalue weighted by atomic mass is 32.2. The number of rotatable bonds is 13. The Balaban J connectivity index is 1.000. The minimum Gasteiger partial charge on any atom is -0.466 e. The van der Waals surface area contributed by atoms with Gasteiger partial charge in [0.2, 0.25) is 10.0 Å². The number of carbonyl (C=O) groups excluding carboxylic acids is 3. The number of fused-ring (bicyclic) bond motifs is 2. The Morgan fingerprint density at radius 2 is 1.69 bits per heavy atom. The highest BCUT2D eigenvalue weighted by Gasteiger charge is 2.51. The van der Waals surface area contributed by atoms with E-state index in [0.717, 1.165) is 56.9 Å². The summed E-state index contributed by atoms with van der Waals surface area (Å²) in [6.07, 6.45) is 10.1. The molecular formula is C44H49N7O6S2. The molecule has 0 spiro atoms.